The number of benzene rings is 2. The van der Waals surface area contributed by atoms with Gasteiger partial charge in [-0.25, -0.2) is 4.21 Å². The molecule has 0 aromatic heterocycles. The molecule has 1 saturated carbocycles. The summed E-state index contributed by atoms with van der Waals surface area (Å²) in [7, 11) is 0.733. The number of morpholine rings is 1. The molecule has 2 bridgehead atoms. The Morgan fingerprint density at radius 1 is 1.06 bits per heavy atom. The molecule has 0 spiro atoms. The number of ether oxygens (including phenoxy) is 3. The number of likely N-dealkylation sites (N-methyl/N-ethyl adjacent to an activating group) is 1. The zero-order valence-corrected chi connectivity index (χ0v) is 32.1. The fourth-order valence-electron chi connectivity index (χ4n) is 7.51. The van der Waals surface area contributed by atoms with Gasteiger partial charge < -0.3 is 19.1 Å². The van der Waals surface area contributed by atoms with Crippen molar-refractivity contribution in [3.05, 3.63) is 76.3 Å². The molecule has 2 fully saturated rings. The second-order valence-corrected chi connectivity index (χ2v) is 16.6. The molecule has 0 radical (unpaired) electrons. The molecule has 1 aliphatic carbocycles. The summed E-state index contributed by atoms with van der Waals surface area (Å²) in [6, 6.07) is 13.4. The Kier molecular flexibility index (Phi) is 15.2. The zero-order valence-electron chi connectivity index (χ0n) is 30.5. The van der Waals surface area contributed by atoms with Crippen molar-refractivity contribution in [3.8, 4) is 5.75 Å². The molecule has 276 valence electrons. The SMILES string of the molecule is CCCc1cc(Cl)ccc1C1COc2ccc(cc2)C(=O)NS(=O)C(C)C(C)C/C=C/C(COCCN2CCOCC2)C2CCC2CN(C)C1. The smallest absolute Gasteiger partial charge is 0.262 e. The van der Waals surface area contributed by atoms with Gasteiger partial charge in [0.1, 0.15) is 16.7 Å². The van der Waals surface area contributed by atoms with Gasteiger partial charge in [-0.2, -0.15) is 0 Å². The molecule has 7 unspecified atom stereocenters. The van der Waals surface area contributed by atoms with E-state index in [4.69, 9.17) is 25.8 Å². The van der Waals surface area contributed by atoms with Crippen LogP contribution in [0.25, 0.3) is 0 Å². The van der Waals surface area contributed by atoms with E-state index >= 15 is 0 Å². The van der Waals surface area contributed by atoms with E-state index in [1.807, 2.05) is 25.1 Å². The average molecular weight is 728 g/mol. The lowest BCUT2D eigenvalue weighted by atomic mass is 9.66. The van der Waals surface area contributed by atoms with Crippen LogP contribution < -0.4 is 9.46 Å². The largest absolute Gasteiger partial charge is 0.493 e. The Balaban J connectivity index is 1.35. The summed E-state index contributed by atoms with van der Waals surface area (Å²) in [4.78, 5) is 17.9. The minimum absolute atomic E-state index is 0.130. The van der Waals surface area contributed by atoms with Crippen LogP contribution in [0, 0.1) is 23.7 Å². The van der Waals surface area contributed by atoms with Crippen molar-refractivity contribution >= 4 is 28.5 Å². The number of carbonyl (C=O) groups excluding carboxylic acids is 1. The third kappa shape index (κ3) is 11.1. The number of allylic oxidation sites excluding steroid dienone is 1. The number of nitrogens with zero attached hydrogens (tertiary/aromatic N) is 2. The van der Waals surface area contributed by atoms with Gasteiger partial charge in [0, 0.05) is 55.1 Å². The molecule has 8 nitrogen and oxygen atoms in total. The summed E-state index contributed by atoms with van der Waals surface area (Å²) >= 11 is 6.47. The van der Waals surface area contributed by atoms with Gasteiger partial charge in [-0.3, -0.25) is 14.4 Å². The van der Waals surface area contributed by atoms with Crippen molar-refractivity contribution in [2.75, 3.05) is 72.8 Å². The highest BCUT2D eigenvalue weighted by molar-refractivity contribution is 7.84. The standard InChI is InChI=1S/C40H58ClN3O5S/c1-5-7-32-24-36(41)13-17-38(32)35-26-43(4)25-33-12-16-39(33)34(27-48-23-20-44-18-21-47-22-19-44)9-6-8-29(2)30(3)50(46)42-40(45)31-10-14-37(15-11-31)49-28-35/h6,9-11,13-15,17,24,29-30,33-35,39H,5,7-8,12,16,18-23,25-28H2,1-4H3,(H,42,45)/b9-6+. The first-order valence-corrected chi connectivity index (χ1v) is 20.3. The van der Waals surface area contributed by atoms with Crippen LogP contribution in [0.5, 0.6) is 5.75 Å². The maximum atomic E-state index is 13.2. The van der Waals surface area contributed by atoms with Crippen molar-refractivity contribution in [1.29, 1.82) is 0 Å². The topological polar surface area (TPSA) is 80.3 Å². The summed E-state index contributed by atoms with van der Waals surface area (Å²) in [5.74, 6) is 2.08. The summed E-state index contributed by atoms with van der Waals surface area (Å²) < 4.78 is 34.2. The zero-order chi connectivity index (χ0) is 35.5. The molecule has 3 heterocycles. The molecule has 6 rings (SSSR count). The molecular formula is C40H58ClN3O5S. The van der Waals surface area contributed by atoms with E-state index in [9.17, 15) is 9.00 Å². The van der Waals surface area contributed by atoms with Gasteiger partial charge in [-0.05, 0) is 105 Å². The molecule has 2 aromatic carbocycles. The predicted molar refractivity (Wildman–Crippen MR) is 203 cm³/mol. The number of carbonyl (C=O) groups is 1. The van der Waals surface area contributed by atoms with Crippen molar-refractivity contribution in [2.45, 2.75) is 64.0 Å². The Bertz CT molecular complexity index is 1420. The van der Waals surface area contributed by atoms with E-state index in [0.29, 0.717) is 42.3 Å². The van der Waals surface area contributed by atoms with Crippen LogP contribution >= 0.6 is 11.6 Å². The number of halogens is 1. The van der Waals surface area contributed by atoms with Crippen molar-refractivity contribution in [2.24, 2.45) is 23.7 Å². The van der Waals surface area contributed by atoms with Crippen LogP contribution in [0.4, 0.5) is 0 Å². The van der Waals surface area contributed by atoms with Gasteiger partial charge >= 0.3 is 0 Å². The maximum Gasteiger partial charge on any atom is 0.262 e. The first-order chi connectivity index (χ1) is 24.2. The monoisotopic (exact) mass is 727 g/mol. The van der Waals surface area contributed by atoms with Crippen LogP contribution in [0.2, 0.25) is 5.02 Å². The highest BCUT2D eigenvalue weighted by Crippen LogP contribution is 2.41. The van der Waals surface area contributed by atoms with Gasteiger partial charge in [-0.15, -0.1) is 0 Å². The molecule has 3 aliphatic heterocycles. The Hall–Kier alpha value is -2.27. The van der Waals surface area contributed by atoms with Crippen molar-refractivity contribution < 1.29 is 23.2 Å². The Labute approximate surface area is 307 Å². The lowest BCUT2D eigenvalue weighted by molar-refractivity contribution is 0.00242. The number of rotatable bonds is 8. The first-order valence-electron chi connectivity index (χ1n) is 18.7. The van der Waals surface area contributed by atoms with Gasteiger partial charge in [0.15, 0.2) is 0 Å². The van der Waals surface area contributed by atoms with Crippen molar-refractivity contribution in [3.63, 3.8) is 0 Å². The number of hydrogen-bond acceptors (Lipinski definition) is 7. The second kappa shape index (κ2) is 19.5. The first kappa shape index (κ1) is 38.9. The molecule has 2 aromatic rings. The number of nitrogens with one attached hydrogen (secondary N) is 1. The lowest BCUT2D eigenvalue weighted by Crippen LogP contribution is -2.42. The van der Waals surface area contributed by atoms with E-state index in [2.05, 4.69) is 59.7 Å². The van der Waals surface area contributed by atoms with Crippen LogP contribution in [-0.4, -0.2) is 98.0 Å². The minimum Gasteiger partial charge on any atom is -0.493 e. The molecule has 7 atom stereocenters. The van der Waals surface area contributed by atoms with Crippen LogP contribution in [0.3, 0.4) is 0 Å². The molecule has 50 heavy (non-hydrogen) atoms. The minimum atomic E-state index is -1.51. The van der Waals surface area contributed by atoms with E-state index in [0.717, 1.165) is 76.8 Å². The maximum absolute atomic E-state index is 13.2. The highest BCUT2D eigenvalue weighted by Gasteiger charge is 2.37. The van der Waals surface area contributed by atoms with E-state index < -0.39 is 11.0 Å². The third-order valence-electron chi connectivity index (χ3n) is 10.9. The van der Waals surface area contributed by atoms with Gasteiger partial charge in [-0.1, -0.05) is 50.1 Å². The molecular weight excluding hydrogens is 670 g/mol. The molecule has 1 saturated heterocycles. The van der Waals surface area contributed by atoms with Crippen molar-refractivity contribution in [1.82, 2.24) is 14.5 Å². The summed E-state index contributed by atoms with van der Waals surface area (Å²) in [6.45, 7) is 14.5. The predicted octanol–water partition coefficient (Wildman–Crippen LogP) is 6.76. The Morgan fingerprint density at radius 2 is 1.84 bits per heavy atom. The van der Waals surface area contributed by atoms with Gasteiger partial charge in [0.25, 0.3) is 5.91 Å². The molecule has 1 N–H and O–H groups in total. The van der Waals surface area contributed by atoms with Gasteiger partial charge in [0.2, 0.25) is 0 Å². The lowest BCUT2D eigenvalue weighted by Gasteiger charge is -2.43. The number of amides is 1. The fraction of sp³-hybridized carbons (Fsp3) is 0.625. The number of fused-ring (bicyclic) bond motifs is 14. The molecule has 10 heteroatoms. The fourth-order valence-corrected chi connectivity index (χ4v) is 8.72. The highest BCUT2D eigenvalue weighted by atomic mass is 35.5. The van der Waals surface area contributed by atoms with E-state index in [1.54, 1.807) is 12.1 Å². The van der Waals surface area contributed by atoms with Crippen LogP contribution in [0.15, 0.2) is 54.6 Å². The summed E-state index contributed by atoms with van der Waals surface area (Å²) in [5.41, 5.74) is 3.02. The quantitative estimate of drug-likeness (QED) is 0.238. The molecule has 1 amide bonds. The Morgan fingerprint density at radius 3 is 2.56 bits per heavy atom. The van der Waals surface area contributed by atoms with Crippen LogP contribution in [0.1, 0.15) is 73.9 Å². The second-order valence-electron chi connectivity index (χ2n) is 14.6. The van der Waals surface area contributed by atoms with Gasteiger partial charge in [0.05, 0.1) is 38.3 Å². The summed E-state index contributed by atoms with van der Waals surface area (Å²) in [5, 5.41) is 0.562. The van der Waals surface area contributed by atoms with Crippen LogP contribution in [-0.2, 0) is 26.9 Å². The third-order valence-corrected chi connectivity index (χ3v) is 12.7. The summed E-state index contributed by atoms with van der Waals surface area (Å²) in [6.07, 6.45) is 9.83. The normalized spacial score (nSPS) is 29.9. The molecule has 4 aliphatic rings. The number of aryl methyl sites for hydroxylation is 1. The average Bonchev–Trinajstić information content (AvgIpc) is 3.10. The van der Waals surface area contributed by atoms with E-state index in [1.165, 1.54) is 24.0 Å². The number of hydrogen-bond donors (Lipinski definition) is 1. The van der Waals surface area contributed by atoms with E-state index in [-0.39, 0.29) is 23.0 Å².